The molecule has 1 atom stereocenters. The van der Waals surface area contributed by atoms with E-state index in [0.717, 1.165) is 10.7 Å². The number of anilines is 1. The summed E-state index contributed by atoms with van der Waals surface area (Å²) in [5.74, 6) is 0.0286. The predicted octanol–water partition coefficient (Wildman–Crippen LogP) is 4.03. The fourth-order valence-electron chi connectivity index (χ4n) is 2.81. The summed E-state index contributed by atoms with van der Waals surface area (Å²) in [5, 5.41) is 14.9. The van der Waals surface area contributed by atoms with Gasteiger partial charge >= 0.3 is 0 Å². The Morgan fingerprint density at radius 1 is 1.00 bits per heavy atom. The Bertz CT molecular complexity index is 928. The number of hydrogen-bond acceptors (Lipinski definition) is 5. The monoisotopic (exact) mass is 408 g/mol. The average Bonchev–Trinajstić information content (AvgIpc) is 3.22. The normalized spacial score (nSPS) is 11.6. The summed E-state index contributed by atoms with van der Waals surface area (Å²) in [4.78, 5) is 24.3. The zero-order valence-electron chi connectivity index (χ0n) is 16.3. The first-order valence-corrected chi connectivity index (χ1v) is 10.4. The summed E-state index contributed by atoms with van der Waals surface area (Å²) in [7, 11) is 0. The van der Waals surface area contributed by atoms with E-state index < -0.39 is 0 Å². The van der Waals surface area contributed by atoms with E-state index >= 15 is 0 Å². The number of aromatic nitrogens is 2. The van der Waals surface area contributed by atoms with Gasteiger partial charge in [0.05, 0.1) is 0 Å². The van der Waals surface area contributed by atoms with Crippen molar-refractivity contribution in [2.45, 2.75) is 32.1 Å². The number of para-hydroxylation sites is 1. The zero-order chi connectivity index (χ0) is 20.5. The lowest BCUT2D eigenvalue weighted by Gasteiger charge is -2.12. The van der Waals surface area contributed by atoms with E-state index in [1.165, 1.54) is 16.9 Å². The molecule has 0 fully saturated rings. The van der Waals surface area contributed by atoms with E-state index in [1.807, 2.05) is 48.5 Å². The Morgan fingerprint density at radius 3 is 2.41 bits per heavy atom. The van der Waals surface area contributed by atoms with Crippen molar-refractivity contribution in [2.24, 2.45) is 0 Å². The van der Waals surface area contributed by atoms with Crippen molar-refractivity contribution in [2.75, 3.05) is 11.9 Å². The highest BCUT2D eigenvalue weighted by Gasteiger charge is 2.13. The number of carbonyl (C=O) groups is 2. The molecule has 0 saturated heterocycles. The molecule has 150 valence electrons. The van der Waals surface area contributed by atoms with E-state index in [9.17, 15) is 9.59 Å². The third-order valence-electron chi connectivity index (χ3n) is 4.46. The number of rotatable bonds is 9. The summed E-state index contributed by atoms with van der Waals surface area (Å²) in [6, 6.07) is 19.4. The van der Waals surface area contributed by atoms with Crippen LogP contribution in [0.1, 0.15) is 46.1 Å². The molecule has 3 rings (SSSR count). The van der Waals surface area contributed by atoms with Gasteiger partial charge in [-0.05, 0) is 30.0 Å². The van der Waals surface area contributed by atoms with Gasteiger partial charge < -0.3 is 10.6 Å². The van der Waals surface area contributed by atoms with Gasteiger partial charge in [0.2, 0.25) is 10.9 Å². The maximum Gasteiger partial charge on any atom is 0.286 e. The van der Waals surface area contributed by atoms with Crippen LogP contribution in [-0.2, 0) is 11.2 Å². The number of nitrogens with one attached hydrogen (secondary N) is 2. The number of hydrogen-bond donors (Lipinski definition) is 2. The maximum atomic E-state index is 12.2. The molecule has 0 saturated carbocycles. The maximum absolute atomic E-state index is 12.2. The molecule has 29 heavy (non-hydrogen) atoms. The quantitative estimate of drug-likeness (QED) is 0.560. The van der Waals surface area contributed by atoms with Crippen molar-refractivity contribution in [3.8, 4) is 0 Å². The fraction of sp³-hybridized carbons (Fsp3) is 0.273. The Kier molecular flexibility index (Phi) is 7.47. The van der Waals surface area contributed by atoms with Gasteiger partial charge in [0.15, 0.2) is 0 Å². The van der Waals surface area contributed by atoms with E-state index in [1.54, 1.807) is 0 Å². The Labute approximate surface area is 174 Å². The Morgan fingerprint density at radius 2 is 1.69 bits per heavy atom. The van der Waals surface area contributed by atoms with Crippen molar-refractivity contribution in [3.05, 3.63) is 76.2 Å². The molecule has 0 aliphatic heterocycles. The molecule has 1 heterocycles. The molecule has 2 aromatic carbocycles. The first-order chi connectivity index (χ1) is 14.1. The Balaban J connectivity index is 1.38. The molecule has 0 aliphatic rings. The van der Waals surface area contributed by atoms with E-state index in [-0.39, 0.29) is 17.7 Å². The van der Waals surface area contributed by atoms with Gasteiger partial charge in [-0.15, -0.1) is 10.2 Å². The highest BCUT2D eigenvalue weighted by molar-refractivity contribution is 7.13. The van der Waals surface area contributed by atoms with Gasteiger partial charge in [-0.3, -0.25) is 9.59 Å². The molecular formula is C22H24N4O2S. The number of aryl methyl sites for hydroxylation is 1. The molecular weight excluding hydrogens is 384 g/mol. The summed E-state index contributed by atoms with van der Waals surface area (Å²) < 4.78 is 0. The predicted molar refractivity (Wildman–Crippen MR) is 115 cm³/mol. The van der Waals surface area contributed by atoms with E-state index in [0.29, 0.717) is 30.8 Å². The largest absolute Gasteiger partial charge is 0.356 e. The van der Waals surface area contributed by atoms with Crippen LogP contribution in [0.5, 0.6) is 0 Å². The van der Waals surface area contributed by atoms with E-state index in [4.69, 9.17) is 0 Å². The molecule has 2 N–H and O–H groups in total. The highest BCUT2D eigenvalue weighted by atomic mass is 32.1. The summed E-state index contributed by atoms with van der Waals surface area (Å²) in [6.45, 7) is 2.71. The van der Waals surface area contributed by atoms with Crippen LogP contribution < -0.4 is 10.6 Å². The number of nitrogens with zero attached hydrogens (tertiary/aromatic N) is 2. The lowest BCUT2D eigenvalue weighted by Crippen LogP contribution is -2.27. The smallest absolute Gasteiger partial charge is 0.286 e. The molecule has 0 aliphatic carbocycles. The second-order valence-corrected chi connectivity index (χ2v) is 7.85. The van der Waals surface area contributed by atoms with Gasteiger partial charge in [-0.1, -0.05) is 66.8 Å². The topological polar surface area (TPSA) is 84.0 Å². The van der Waals surface area contributed by atoms with Gasteiger partial charge in [-0.2, -0.15) is 0 Å². The van der Waals surface area contributed by atoms with Crippen molar-refractivity contribution < 1.29 is 9.59 Å². The number of benzene rings is 2. The van der Waals surface area contributed by atoms with Gasteiger partial charge in [-0.25, -0.2) is 0 Å². The summed E-state index contributed by atoms with van der Waals surface area (Å²) >= 11 is 1.26. The number of amides is 2. The summed E-state index contributed by atoms with van der Waals surface area (Å²) in [5.41, 5.74) is 1.93. The average molecular weight is 409 g/mol. The summed E-state index contributed by atoms with van der Waals surface area (Å²) in [6.07, 6.45) is 1.71. The molecule has 0 unspecified atom stereocenters. The number of carbonyl (C=O) groups excluding carboxylic acids is 2. The molecule has 1 aromatic heterocycles. The zero-order valence-corrected chi connectivity index (χ0v) is 17.1. The van der Waals surface area contributed by atoms with Crippen LogP contribution in [0.4, 0.5) is 5.69 Å². The minimum atomic E-state index is -0.271. The SMILES string of the molecule is C[C@H](CNC(=O)CCCc1nnc(C(=O)Nc2ccccc2)s1)c1ccccc1. The van der Waals surface area contributed by atoms with Crippen molar-refractivity contribution in [3.63, 3.8) is 0 Å². The standard InChI is InChI=1S/C22H24N4O2S/c1-16(17-9-4-2-5-10-17)15-23-19(27)13-8-14-20-25-26-22(29-20)21(28)24-18-11-6-3-7-12-18/h2-7,9-12,16H,8,13-15H2,1H3,(H,23,27)(H,24,28)/t16-/m1/s1. The van der Waals surface area contributed by atoms with Crippen LogP contribution in [0.2, 0.25) is 0 Å². The molecule has 6 nitrogen and oxygen atoms in total. The van der Waals surface area contributed by atoms with Crippen LogP contribution >= 0.6 is 11.3 Å². The molecule has 0 spiro atoms. The van der Waals surface area contributed by atoms with Crippen molar-refractivity contribution in [1.29, 1.82) is 0 Å². The second kappa shape index (κ2) is 10.5. The van der Waals surface area contributed by atoms with Gasteiger partial charge in [0.25, 0.3) is 5.91 Å². The van der Waals surface area contributed by atoms with Crippen LogP contribution in [0.15, 0.2) is 60.7 Å². The first-order valence-electron chi connectivity index (χ1n) is 9.62. The minimum Gasteiger partial charge on any atom is -0.356 e. The van der Waals surface area contributed by atoms with Gasteiger partial charge in [0, 0.05) is 25.1 Å². The second-order valence-electron chi connectivity index (χ2n) is 6.79. The van der Waals surface area contributed by atoms with E-state index in [2.05, 4.69) is 39.9 Å². The van der Waals surface area contributed by atoms with Crippen LogP contribution in [0.3, 0.4) is 0 Å². The van der Waals surface area contributed by atoms with Crippen LogP contribution in [0, 0.1) is 0 Å². The van der Waals surface area contributed by atoms with Crippen molar-refractivity contribution in [1.82, 2.24) is 15.5 Å². The van der Waals surface area contributed by atoms with Gasteiger partial charge in [0.1, 0.15) is 5.01 Å². The minimum absolute atomic E-state index is 0.0272. The molecule has 3 aromatic rings. The lowest BCUT2D eigenvalue weighted by molar-refractivity contribution is -0.121. The third kappa shape index (κ3) is 6.50. The molecule has 2 amide bonds. The van der Waals surface area contributed by atoms with Crippen molar-refractivity contribution >= 4 is 28.8 Å². The van der Waals surface area contributed by atoms with Crippen LogP contribution in [-0.4, -0.2) is 28.6 Å². The fourth-order valence-corrected chi connectivity index (χ4v) is 3.58. The third-order valence-corrected chi connectivity index (χ3v) is 5.44. The molecule has 7 heteroatoms. The molecule has 0 bridgehead atoms. The first kappa shape index (κ1) is 20.7. The lowest BCUT2D eigenvalue weighted by atomic mass is 10.0. The molecule has 0 radical (unpaired) electrons. The Hall–Kier alpha value is -3.06. The highest BCUT2D eigenvalue weighted by Crippen LogP contribution is 2.16. The van der Waals surface area contributed by atoms with Crippen LogP contribution in [0.25, 0.3) is 0 Å².